The van der Waals surface area contributed by atoms with E-state index in [4.69, 9.17) is 4.98 Å². The summed E-state index contributed by atoms with van der Waals surface area (Å²) in [7, 11) is 4.19. The lowest BCUT2D eigenvalue weighted by molar-refractivity contribution is -0.138. The predicted octanol–water partition coefficient (Wildman–Crippen LogP) is 2.82. The minimum atomic E-state index is 0.298. The zero-order valence-corrected chi connectivity index (χ0v) is 18.4. The summed E-state index contributed by atoms with van der Waals surface area (Å²) in [4.78, 5) is 28.6. The van der Waals surface area contributed by atoms with Crippen molar-refractivity contribution in [3.05, 3.63) is 17.1 Å². The van der Waals surface area contributed by atoms with Crippen molar-refractivity contribution in [2.45, 2.75) is 59.3 Å². The summed E-state index contributed by atoms with van der Waals surface area (Å²) < 4.78 is 0. The fourth-order valence-corrected chi connectivity index (χ4v) is 4.88. The number of likely N-dealkylation sites (tertiary alicyclic amines) is 1. The van der Waals surface area contributed by atoms with E-state index in [0.717, 1.165) is 82.2 Å². The molecule has 2 fully saturated rings. The third-order valence-electron chi connectivity index (χ3n) is 6.56. The molecule has 6 heteroatoms. The summed E-state index contributed by atoms with van der Waals surface area (Å²) >= 11 is 0. The van der Waals surface area contributed by atoms with Gasteiger partial charge in [0.25, 0.3) is 0 Å². The van der Waals surface area contributed by atoms with E-state index in [1.165, 1.54) is 5.56 Å². The molecule has 2 aliphatic heterocycles. The Hall–Kier alpha value is -1.69. The standard InChI is InChI=1S/C22H37N5O/c1-6-19-17(2)23-18(3)24-21(19)26-14-10-22(11-15-26)9-8-20(28)27(16-22)13-7-12-25(4)5/h6-16H2,1-5H3. The third-order valence-corrected chi connectivity index (χ3v) is 6.56. The molecule has 0 aromatic carbocycles. The summed E-state index contributed by atoms with van der Waals surface area (Å²) in [6.07, 6.45) is 6.09. The highest BCUT2D eigenvalue weighted by molar-refractivity contribution is 5.77. The topological polar surface area (TPSA) is 52.6 Å². The van der Waals surface area contributed by atoms with E-state index < -0.39 is 0 Å². The fourth-order valence-electron chi connectivity index (χ4n) is 4.88. The summed E-state index contributed by atoms with van der Waals surface area (Å²) in [5.74, 6) is 2.35. The minimum absolute atomic E-state index is 0.298. The molecule has 0 radical (unpaired) electrons. The van der Waals surface area contributed by atoms with Crippen molar-refractivity contribution in [3.8, 4) is 0 Å². The van der Waals surface area contributed by atoms with E-state index >= 15 is 0 Å². The quantitative estimate of drug-likeness (QED) is 0.751. The van der Waals surface area contributed by atoms with Gasteiger partial charge >= 0.3 is 0 Å². The summed E-state index contributed by atoms with van der Waals surface area (Å²) in [5.41, 5.74) is 2.69. The predicted molar refractivity (Wildman–Crippen MR) is 114 cm³/mol. The highest BCUT2D eigenvalue weighted by Crippen LogP contribution is 2.41. The second-order valence-electron chi connectivity index (χ2n) is 8.97. The number of hydrogen-bond donors (Lipinski definition) is 0. The molecule has 0 saturated carbocycles. The molecular weight excluding hydrogens is 350 g/mol. The van der Waals surface area contributed by atoms with Crippen LogP contribution in [0.15, 0.2) is 0 Å². The molecule has 156 valence electrons. The maximum Gasteiger partial charge on any atom is 0.222 e. The number of piperidine rings is 2. The van der Waals surface area contributed by atoms with Crippen molar-refractivity contribution in [2.75, 3.05) is 51.7 Å². The zero-order chi connectivity index (χ0) is 20.3. The average Bonchev–Trinajstić information content (AvgIpc) is 2.64. The Kier molecular flexibility index (Phi) is 6.58. The first kappa shape index (κ1) is 21.0. The van der Waals surface area contributed by atoms with Crippen molar-refractivity contribution < 1.29 is 4.79 Å². The second-order valence-corrected chi connectivity index (χ2v) is 8.97. The molecule has 28 heavy (non-hydrogen) atoms. The lowest BCUT2D eigenvalue weighted by Gasteiger charge is -2.48. The van der Waals surface area contributed by atoms with Crippen LogP contribution in [0.4, 0.5) is 5.82 Å². The largest absolute Gasteiger partial charge is 0.356 e. The van der Waals surface area contributed by atoms with Crippen LogP contribution in [0.1, 0.15) is 56.1 Å². The maximum atomic E-state index is 12.4. The van der Waals surface area contributed by atoms with Gasteiger partial charge in [-0.05, 0) is 72.0 Å². The van der Waals surface area contributed by atoms with Gasteiger partial charge in [0.2, 0.25) is 5.91 Å². The fraction of sp³-hybridized carbons (Fsp3) is 0.773. The van der Waals surface area contributed by atoms with Crippen molar-refractivity contribution >= 4 is 11.7 Å². The molecule has 2 saturated heterocycles. The summed E-state index contributed by atoms with van der Waals surface area (Å²) in [5, 5.41) is 0. The monoisotopic (exact) mass is 387 g/mol. The van der Waals surface area contributed by atoms with Crippen LogP contribution in [-0.2, 0) is 11.2 Å². The Balaban J connectivity index is 1.65. The van der Waals surface area contributed by atoms with Crippen LogP contribution in [0.2, 0.25) is 0 Å². The smallest absolute Gasteiger partial charge is 0.222 e. The van der Waals surface area contributed by atoms with Crippen molar-refractivity contribution in [1.82, 2.24) is 19.8 Å². The molecule has 1 amide bonds. The van der Waals surface area contributed by atoms with Crippen LogP contribution in [0.25, 0.3) is 0 Å². The highest BCUT2D eigenvalue weighted by atomic mass is 16.2. The van der Waals surface area contributed by atoms with Crippen LogP contribution in [0.5, 0.6) is 0 Å². The molecule has 3 heterocycles. The molecule has 3 rings (SSSR count). The number of anilines is 1. The molecule has 0 unspecified atom stereocenters. The van der Waals surface area contributed by atoms with Crippen molar-refractivity contribution in [1.29, 1.82) is 0 Å². The molecule has 0 N–H and O–H groups in total. The first-order chi connectivity index (χ1) is 13.3. The SMILES string of the molecule is CCc1c(C)nc(C)nc1N1CCC2(CCC(=O)N(CCCN(C)C)C2)CC1. The van der Waals surface area contributed by atoms with Crippen LogP contribution in [0, 0.1) is 19.3 Å². The van der Waals surface area contributed by atoms with Gasteiger partial charge in [-0.15, -0.1) is 0 Å². The molecule has 1 aromatic heterocycles. The number of rotatable bonds is 6. The number of aryl methyl sites for hydroxylation is 2. The van der Waals surface area contributed by atoms with Gasteiger partial charge in [0.1, 0.15) is 11.6 Å². The average molecular weight is 388 g/mol. The molecule has 1 aromatic rings. The molecule has 6 nitrogen and oxygen atoms in total. The van der Waals surface area contributed by atoms with E-state index in [2.05, 4.69) is 47.6 Å². The van der Waals surface area contributed by atoms with E-state index in [1.54, 1.807) is 0 Å². The molecule has 1 spiro atoms. The van der Waals surface area contributed by atoms with Gasteiger partial charge < -0.3 is 14.7 Å². The lowest BCUT2D eigenvalue weighted by atomic mass is 9.72. The van der Waals surface area contributed by atoms with Gasteiger partial charge in [-0.2, -0.15) is 0 Å². The van der Waals surface area contributed by atoms with Crippen molar-refractivity contribution in [2.24, 2.45) is 5.41 Å². The molecule has 0 bridgehead atoms. The Morgan fingerprint density at radius 3 is 2.46 bits per heavy atom. The van der Waals surface area contributed by atoms with Crippen LogP contribution >= 0.6 is 0 Å². The number of amides is 1. The van der Waals surface area contributed by atoms with Crippen LogP contribution < -0.4 is 4.90 Å². The van der Waals surface area contributed by atoms with Gasteiger partial charge in [-0.25, -0.2) is 9.97 Å². The van der Waals surface area contributed by atoms with E-state index in [9.17, 15) is 4.79 Å². The van der Waals surface area contributed by atoms with Gasteiger partial charge in [-0.1, -0.05) is 6.92 Å². The second kappa shape index (κ2) is 8.76. The third kappa shape index (κ3) is 4.65. The highest BCUT2D eigenvalue weighted by Gasteiger charge is 2.41. The van der Waals surface area contributed by atoms with Gasteiger partial charge in [0.05, 0.1) is 0 Å². The normalized spacial score (nSPS) is 19.7. The Morgan fingerprint density at radius 1 is 1.11 bits per heavy atom. The Bertz CT molecular complexity index is 694. The summed E-state index contributed by atoms with van der Waals surface area (Å²) in [6.45, 7) is 11.2. The number of aromatic nitrogens is 2. The maximum absolute atomic E-state index is 12.4. The summed E-state index contributed by atoms with van der Waals surface area (Å²) in [6, 6.07) is 0. The molecule has 0 aliphatic carbocycles. The zero-order valence-electron chi connectivity index (χ0n) is 18.4. The number of nitrogens with zero attached hydrogens (tertiary/aromatic N) is 5. The minimum Gasteiger partial charge on any atom is -0.356 e. The van der Waals surface area contributed by atoms with Gasteiger partial charge in [0, 0.05) is 43.9 Å². The molecule has 2 aliphatic rings. The number of hydrogen-bond acceptors (Lipinski definition) is 5. The number of carbonyl (C=O) groups is 1. The van der Waals surface area contributed by atoms with Crippen LogP contribution in [-0.4, -0.2) is 72.5 Å². The van der Waals surface area contributed by atoms with Crippen molar-refractivity contribution in [3.63, 3.8) is 0 Å². The van der Waals surface area contributed by atoms with E-state index in [0.29, 0.717) is 17.7 Å². The van der Waals surface area contributed by atoms with E-state index in [1.807, 2.05) is 6.92 Å². The Labute approximate surface area is 170 Å². The lowest BCUT2D eigenvalue weighted by Crippen LogP contribution is -2.52. The van der Waals surface area contributed by atoms with Gasteiger partial charge in [-0.3, -0.25) is 4.79 Å². The number of carbonyl (C=O) groups excluding carboxylic acids is 1. The van der Waals surface area contributed by atoms with Gasteiger partial charge in [0.15, 0.2) is 0 Å². The van der Waals surface area contributed by atoms with E-state index in [-0.39, 0.29) is 0 Å². The van der Waals surface area contributed by atoms with Crippen LogP contribution in [0.3, 0.4) is 0 Å². The Morgan fingerprint density at radius 2 is 1.82 bits per heavy atom. The molecule has 0 atom stereocenters. The first-order valence-electron chi connectivity index (χ1n) is 10.8. The molecular formula is C22H37N5O. The first-order valence-corrected chi connectivity index (χ1v) is 10.8.